The smallest absolute Gasteiger partial charge is 0.124 e. The van der Waals surface area contributed by atoms with Gasteiger partial charge in [0.2, 0.25) is 0 Å². The van der Waals surface area contributed by atoms with Crippen LogP contribution in [-0.2, 0) is 0 Å². The minimum absolute atomic E-state index is 0.814. The first-order valence-electron chi connectivity index (χ1n) is 7.19. The molecule has 1 aliphatic heterocycles. The molecule has 1 saturated heterocycles. The standard InChI is InChI=1S/C16H26N2O/c1-12-9-15(10-13(2)16(12)19-4)18(3)11-14-5-7-17-8-6-14/h9-10,14,17H,5-8,11H2,1-4H3. The molecule has 106 valence electrons. The quantitative estimate of drug-likeness (QED) is 0.903. The summed E-state index contributed by atoms with van der Waals surface area (Å²) in [5, 5.41) is 3.43. The number of piperidine rings is 1. The summed E-state index contributed by atoms with van der Waals surface area (Å²) in [6.45, 7) is 7.71. The largest absolute Gasteiger partial charge is 0.496 e. The van der Waals surface area contributed by atoms with Gasteiger partial charge in [-0.05, 0) is 69.0 Å². The molecule has 1 aliphatic rings. The molecule has 1 fully saturated rings. The van der Waals surface area contributed by atoms with E-state index in [-0.39, 0.29) is 0 Å². The second kappa shape index (κ2) is 6.29. The zero-order valence-corrected chi connectivity index (χ0v) is 12.6. The van der Waals surface area contributed by atoms with Crippen molar-refractivity contribution in [1.82, 2.24) is 5.32 Å². The fraction of sp³-hybridized carbons (Fsp3) is 0.625. The van der Waals surface area contributed by atoms with E-state index in [2.05, 4.69) is 43.2 Å². The van der Waals surface area contributed by atoms with Gasteiger partial charge >= 0.3 is 0 Å². The number of hydrogen-bond acceptors (Lipinski definition) is 3. The zero-order valence-electron chi connectivity index (χ0n) is 12.6. The third-order valence-corrected chi connectivity index (χ3v) is 4.08. The van der Waals surface area contributed by atoms with E-state index in [9.17, 15) is 0 Å². The van der Waals surface area contributed by atoms with Crippen LogP contribution < -0.4 is 15.0 Å². The fourth-order valence-electron chi connectivity index (χ4n) is 3.03. The molecule has 3 heteroatoms. The Morgan fingerprint density at radius 1 is 1.21 bits per heavy atom. The summed E-state index contributed by atoms with van der Waals surface area (Å²) in [6, 6.07) is 4.46. The van der Waals surface area contributed by atoms with Crippen molar-refractivity contribution in [2.75, 3.05) is 38.7 Å². The number of rotatable bonds is 4. The summed E-state index contributed by atoms with van der Waals surface area (Å²) < 4.78 is 5.43. The van der Waals surface area contributed by atoms with Crippen LogP contribution in [-0.4, -0.2) is 33.8 Å². The average Bonchev–Trinajstić information content (AvgIpc) is 2.39. The lowest BCUT2D eigenvalue weighted by molar-refractivity contribution is 0.378. The number of anilines is 1. The SMILES string of the molecule is COc1c(C)cc(N(C)CC2CCNCC2)cc1C. The first-order chi connectivity index (χ1) is 9.11. The van der Waals surface area contributed by atoms with Crippen LogP contribution in [0.1, 0.15) is 24.0 Å². The van der Waals surface area contributed by atoms with E-state index in [4.69, 9.17) is 4.74 Å². The van der Waals surface area contributed by atoms with Crippen LogP contribution in [0.15, 0.2) is 12.1 Å². The second-order valence-electron chi connectivity index (χ2n) is 5.69. The van der Waals surface area contributed by atoms with Crippen molar-refractivity contribution in [3.05, 3.63) is 23.3 Å². The van der Waals surface area contributed by atoms with Crippen molar-refractivity contribution >= 4 is 5.69 Å². The van der Waals surface area contributed by atoms with E-state index in [1.807, 2.05) is 0 Å². The lowest BCUT2D eigenvalue weighted by Gasteiger charge is -2.29. The van der Waals surface area contributed by atoms with Gasteiger partial charge in [-0.3, -0.25) is 0 Å². The van der Waals surface area contributed by atoms with Gasteiger partial charge in [-0.2, -0.15) is 0 Å². The first-order valence-corrected chi connectivity index (χ1v) is 7.19. The van der Waals surface area contributed by atoms with Crippen LogP contribution in [0.2, 0.25) is 0 Å². The van der Waals surface area contributed by atoms with Crippen molar-refractivity contribution in [2.24, 2.45) is 5.92 Å². The highest BCUT2D eigenvalue weighted by atomic mass is 16.5. The van der Waals surface area contributed by atoms with Crippen LogP contribution in [0.5, 0.6) is 5.75 Å². The van der Waals surface area contributed by atoms with E-state index < -0.39 is 0 Å². The van der Waals surface area contributed by atoms with Crippen LogP contribution >= 0.6 is 0 Å². The summed E-state index contributed by atoms with van der Waals surface area (Å²) in [5.41, 5.74) is 3.73. The lowest BCUT2D eigenvalue weighted by atomic mass is 9.97. The van der Waals surface area contributed by atoms with Gasteiger partial charge in [0.1, 0.15) is 5.75 Å². The summed E-state index contributed by atoms with van der Waals surface area (Å²) in [5.74, 6) is 1.83. The molecular formula is C16H26N2O. The molecule has 2 rings (SSSR count). The monoisotopic (exact) mass is 262 g/mol. The van der Waals surface area contributed by atoms with Gasteiger partial charge in [-0.15, -0.1) is 0 Å². The van der Waals surface area contributed by atoms with Crippen LogP contribution in [0, 0.1) is 19.8 Å². The number of benzene rings is 1. The molecule has 1 N–H and O–H groups in total. The molecule has 0 atom stereocenters. The van der Waals surface area contributed by atoms with Gasteiger partial charge < -0.3 is 15.0 Å². The van der Waals surface area contributed by atoms with Crippen LogP contribution in [0.25, 0.3) is 0 Å². The highest BCUT2D eigenvalue weighted by Gasteiger charge is 2.16. The number of ether oxygens (including phenoxy) is 1. The molecule has 0 unspecified atom stereocenters. The van der Waals surface area contributed by atoms with Crippen molar-refractivity contribution in [3.63, 3.8) is 0 Å². The van der Waals surface area contributed by atoms with Gasteiger partial charge in [0, 0.05) is 19.3 Å². The Balaban J connectivity index is 2.08. The summed E-state index contributed by atoms with van der Waals surface area (Å²) in [6.07, 6.45) is 2.58. The number of nitrogens with zero attached hydrogens (tertiary/aromatic N) is 1. The predicted octanol–water partition coefficient (Wildman–Crippen LogP) is 2.75. The summed E-state index contributed by atoms with van der Waals surface area (Å²) in [4.78, 5) is 2.38. The predicted molar refractivity (Wildman–Crippen MR) is 81.3 cm³/mol. The van der Waals surface area contributed by atoms with E-state index in [0.29, 0.717) is 0 Å². The molecule has 0 saturated carbocycles. The van der Waals surface area contributed by atoms with Crippen molar-refractivity contribution in [3.8, 4) is 5.75 Å². The van der Waals surface area contributed by atoms with Crippen molar-refractivity contribution in [1.29, 1.82) is 0 Å². The number of aryl methyl sites for hydroxylation is 2. The highest BCUT2D eigenvalue weighted by molar-refractivity contribution is 5.56. The van der Waals surface area contributed by atoms with E-state index in [1.165, 1.54) is 42.7 Å². The topological polar surface area (TPSA) is 24.5 Å². The number of hydrogen-bond donors (Lipinski definition) is 1. The zero-order chi connectivity index (χ0) is 13.8. The maximum atomic E-state index is 5.43. The van der Waals surface area contributed by atoms with Crippen LogP contribution in [0.3, 0.4) is 0 Å². The van der Waals surface area contributed by atoms with Gasteiger partial charge in [0.05, 0.1) is 7.11 Å². The van der Waals surface area contributed by atoms with Gasteiger partial charge in [-0.1, -0.05) is 0 Å². The minimum atomic E-state index is 0.814. The van der Waals surface area contributed by atoms with E-state index in [0.717, 1.165) is 18.2 Å². The third-order valence-electron chi connectivity index (χ3n) is 4.08. The molecule has 0 radical (unpaired) electrons. The Labute approximate surface area is 116 Å². The Bertz CT molecular complexity index is 402. The maximum absolute atomic E-state index is 5.43. The van der Waals surface area contributed by atoms with Crippen LogP contribution in [0.4, 0.5) is 5.69 Å². The average molecular weight is 262 g/mol. The van der Waals surface area contributed by atoms with E-state index >= 15 is 0 Å². The second-order valence-corrected chi connectivity index (χ2v) is 5.69. The maximum Gasteiger partial charge on any atom is 0.124 e. The normalized spacial score (nSPS) is 16.4. The molecule has 0 amide bonds. The van der Waals surface area contributed by atoms with Gasteiger partial charge in [0.25, 0.3) is 0 Å². The number of methoxy groups -OCH3 is 1. The first kappa shape index (κ1) is 14.2. The Hall–Kier alpha value is -1.22. The Morgan fingerprint density at radius 3 is 2.32 bits per heavy atom. The minimum Gasteiger partial charge on any atom is -0.496 e. The molecule has 1 heterocycles. The van der Waals surface area contributed by atoms with Gasteiger partial charge in [0.15, 0.2) is 0 Å². The molecule has 0 aromatic heterocycles. The molecule has 3 nitrogen and oxygen atoms in total. The summed E-state index contributed by atoms with van der Waals surface area (Å²) >= 11 is 0. The molecule has 0 aliphatic carbocycles. The molecule has 1 aromatic rings. The Morgan fingerprint density at radius 2 is 1.79 bits per heavy atom. The molecule has 0 spiro atoms. The van der Waals surface area contributed by atoms with E-state index in [1.54, 1.807) is 7.11 Å². The summed E-state index contributed by atoms with van der Waals surface area (Å²) in [7, 11) is 3.94. The highest BCUT2D eigenvalue weighted by Crippen LogP contribution is 2.29. The molecular weight excluding hydrogens is 236 g/mol. The van der Waals surface area contributed by atoms with Crippen molar-refractivity contribution in [2.45, 2.75) is 26.7 Å². The van der Waals surface area contributed by atoms with Gasteiger partial charge in [-0.25, -0.2) is 0 Å². The Kier molecular flexibility index (Phi) is 4.70. The molecule has 1 aromatic carbocycles. The lowest BCUT2D eigenvalue weighted by Crippen LogP contribution is -2.34. The number of nitrogens with one attached hydrogen (secondary N) is 1. The third kappa shape index (κ3) is 3.41. The fourth-order valence-corrected chi connectivity index (χ4v) is 3.03. The molecule has 0 bridgehead atoms. The van der Waals surface area contributed by atoms with Crippen molar-refractivity contribution < 1.29 is 4.74 Å². The molecule has 19 heavy (non-hydrogen) atoms.